The van der Waals surface area contributed by atoms with Gasteiger partial charge < -0.3 is 14.7 Å². The molecule has 2 amide bonds. The number of nitrogens with zero attached hydrogens (tertiary/aromatic N) is 3. The quantitative estimate of drug-likeness (QED) is 0.875. The first-order valence-electron chi connectivity index (χ1n) is 9.17. The first-order chi connectivity index (χ1) is 12.5. The van der Waals surface area contributed by atoms with Gasteiger partial charge in [0.05, 0.1) is 0 Å². The molecular formula is C19H23ClN4O2. The van der Waals surface area contributed by atoms with E-state index in [-0.39, 0.29) is 18.0 Å². The molecule has 7 heteroatoms. The molecule has 6 nitrogen and oxygen atoms in total. The minimum Gasteiger partial charge on any atom is -0.337 e. The van der Waals surface area contributed by atoms with Gasteiger partial charge in [0.2, 0.25) is 5.89 Å². The van der Waals surface area contributed by atoms with Crippen molar-refractivity contribution in [1.29, 1.82) is 0 Å². The summed E-state index contributed by atoms with van der Waals surface area (Å²) in [6.45, 7) is 5.33. The van der Waals surface area contributed by atoms with Gasteiger partial charge in [0.1, 0.15) is 6.04 Å². The van der Waals surface area contributed by atoms with E-state index in [2.05, 4.69) is 15.5 Å². The number of urea groups is 1. The normalized spacial score (nSPS) is 17.9. The summed E-state index contributed by atoms with van der Waals surface area (Å²) >= 11 is 6.06. The van der Waals surface area contributed by atoms with Crippen LogP contribution in [0, 0.1) is 5.92 Å². The summed E-state index contributed by atoms with van der Waals surface area (Å²) < 4.78 is 5.44. The van der Waals surface area contributed by atoms with Gasteiger partial charge in [-0.15, -0.1) is 0 Å². The van der Waals surface area contributed by atoms with Gasteiger partial charge in [0, 0.05) is 24.0 Å². The monoisotopic (exact) mass is 374 g/mol. The van der Waals surface area contributed by atoms with Gasteiger partial charge in [-0.05, 0) is 48.4 Å². The zero-order chi connectivity index (χ0) is 18.3. The van der Waals surface area contributed by atoms with E-state index in [0.29, 0.717) is 24.9 Å². The van der Waals surface area contributed by atoms with Crippen LogP contribution in [0.1, 0.15) is 61.5 Å². The Morgan fingerprint density at radius 1 is 1.35 bits per heavy atom. The average Bonchev–Trinajstić information content (AvgIpc) is 3.36. The average molecular weight is 375 g/mol. The fourth-order valence-corrected chi connectivity index (χ4v) is 3.51. The molecule has 0 unspecified atom stereocenters. The summed E-state index contributed by atoms with van der Waals surface area (Å²) in [7, 11) is 0. The molecule has 2 heterocycles. The number of hydrogen-bond acceptors (Lipinski definition) is 4. The highest BCUT2D eigenvalue weighted by molar-refractivity contribution is 6.30. The zero-order valence-electron chi connectivity index (χ0n) is 15.0. The molecular weight excluding hydrogens is 352 g/mol. The van der Waals surface area contributed by atoms with Crippen LogP contribution in [0.25, 0.3) is 0 Å². The molecule has 1 aliphatic carbocycles. The molecule has 0 radical (unpaired) electrons. The number of nitrogens with one attached hydrogen (secondary N) is 1. The smallest absolute Gasteiger partial charge is 0.318 e. The summed E-state index contributed by atoms with van der Waals surface area (Å²) in [4.78, 5) is 19.2. The van der Waals surface area contributed by atoms with E-state index < -0.39 is 0 Å². The molecule has 2 aliphatic rings. The molecule has 1 aromatic carbocycles. The Hall–Kier alpha value is -2.08. The van der Waals surface area contributed by atoms with Crippen molar-refractivity contribution < 1.29 is 9.32 Å². The molecule has 1 atom stereocenters. The molecule has 138 valence electrons. The molecule has 4 rings (SSSR count). The second kappa shape index (κ2) is 6.91. The van der Waals surface area contributed by atoms with Crippen molar-refractivity contribution in [3.63, 3.8) is 0 Å². The number of fused-ring (bicyclic) bond motifs is 1. The van der Waals surface area contributed by atoms with E-state index in [4.69, 9.17) is 16.1 Å². The SMILES string of the molecule is CC(C)[C@H](NC(=O)N1CCc2cc(Cl)ccc2C1)c1nc(C2CC2)no1. The first kappa shape index (κ1) is 17.3. The highest BCUT2D eigenvalue weighted by atomic mass is 35.5. The third-order valence-corrected chi connectivity index (χ3v) is 5.31. The van der Waals surface area contributed by atoms with Crippen molar-refractivity contribution in [2.45, 2.75) is 51.6 Å². The molecule has 0 spiro atoms. The van der Waals surface area contributed by atoms with Crippen molar-refractivity contribution >= 4 is 17.6 Å². The van der Waals surface area contributed by atoms with Gasteiger partial charge in [-0.2, -0.15) is 4.98 Å². The molecule has 26 heavy (non-hydrogen) atoms. The van der Waals surface area contributed by atoms with Gasteiger partial charge in [-0.3, -0.25) is 0 Å². The number of benzene rings is 1. The molecule has 1 fully saturated rings. The summed E-state index contributed by atoms with van der Waals surface area (Å²) in [5.74, 6) is 1.85. The van der Waals surface area contributed by atoms with Crippen molar-refractivity contribution in [3.8, 4) is 0 Å². The Labute approximate surface area is 157 Å². The van der Waals surface area contributed by atoms with Crippen LogP contribution >= 0.6 is 11.6 Å². The lowest BCUT2D eigenvalue weighted by atomic mass is 10.00. The Kier molecular flexibility index (Phi) is 4.61. The Morgan fingerprint density at radius 2 is 2.15 bits per heavy atom. The van der Waals surface area contributed by atoms with Crippen LogP contribution in [0.2, 0.25) is 5.02 Å². The highest BCUT2D eigenvalue weighted by Crippen LogP contribution is 2.38. The topological polar surface area (TPSA) is 71.3 Å². The number of carbonyl (C=O) groups excluding carboxylic acids is 1. The van der Waals surface area contributed by atoms with Crippen molar-refractivity contribution in [1.82, 2.24) is 20.4 Å². The van der Waals surface area contributed by atoms with E-state index in [9.17, 15) is 4.79 Å². The second-order valence-corrected chi connectivity index (χ2v) is 7.96. The lowest BCUT2D eigenvalue weighted by Crippen LogP contribution is -2.45. The van der Waals surface area contributed by atoms with Gasteiger partial charge in [-0.25, -0.2) is 4.79 Å². The van der Waals surface area contributed by atoms with E-state index in [1.165, 1.54) is 5.56 Å². The summed E-state index contributed by atoms with van der Waals surface area (Å²) in [6, 6.07) is 5.47. The standard InChI is InChI=1S/C19H23ClN4O2/c1-11(2)16(18-22-17(23-26-18)12-3-4-12)21-19(25)24-8-7-13-9-15(20)6-5-14(13)10-24/h5-6,9,11-12,16H,3-4,7-8,10H2,1-2H3,(H,21,25)/t16-/m0/s1. The van der Waals surface area contributed by atoms with Crippen LogP contribution in [0.4, 0.5) is 4.79 Å². The molecule has 0 saturated heterocycles. The lowest BCUT2D eigenvalue weighted by molar-refractivity contribution is 0.179. The van der Waals surface area contributed by atoms with Crippen LogP contribution in [-0.4, -0.2) is 27.6 Å². The summed E-state index contributed by atoms with van der Waals surface area (Å²) in [6.07, 6.45) is 3.05. The minimum atomic E-state index is -0.283. The number of carbonyl (C=O) groups is 1. The maximum Gasteiger partial charge on any atom is 0.318 e. The zero-order valence-corrected chi connectivity index (χ0v) is 15.8. The number of rotatable bonds is 4. The van der Waals surface area contributed by atoms with Crippen molar-refractivity contribution in [2.24, 2.45) is 5.92 Å². The van der Waals surface area contributed by atoms with Crippen molar-refractivity contribution in [2.75, 3.05) is 6.54 Å². The molecule has 0 bridgehead atoms. The number of halogens is 1. The van der Waals surface area contributed by atoms with Gasteiger partial charge in [0.15, 0.2) is 5.82 Å². The Bertz CT molecular complexity index is 816. The third kappa shape index (κ3) is 3.56. The lowest BCUT2D eigenvalue weighted by Gasteiger charge is -2.31. The molecule has 1 saturated carbocycles. The van der Waals surface area contributed by atoms with Crippen LogP contribution in [-0.2, 0) is 13.0 Å². The largest absolute Gasteiger partial charge is 0.337 e. The van der Waals surface area contributed by atoms with E-state index in [1.807, 2.05) is 36.9 Å². The van der Waals surface area contributed by atoms with Crippen LogP contribution < -0.4 is 5.32 Å². The summed E-state index contributed by atoms with van der Waals surface area (Å²) in [5.41, 5.74) is 2.36. The van der Waals surface area contributed by atoms with Crippen LogP contribution in [0.3, 0.4) is 0 Å². The molecule has 1 aliphatic heterocycles. The van der Waals surface area contributed by atoms with E-state index in [1.54, 1.807) is 0 Å². The fourth-order valence-electron chi connectivity index (χ4n) is 3.31. The molecule has 2 aromatic rings. The van der Waals surface area contributed by atoms with E-state index >= 15 is 0 Å². The predicted molar refractivity (Wildman–Crippen MR) is 97.9 cm³/mol. The number of amides is 2. The first-order valence-corrected chi connectivity index (χ1v) is 9.55. The minimum absolute atomic E-state index is 0.101. The molecule has 1 aromatic heterocycles. The van der Waals surface area contributed by atoms with Gasteiger partial charge in [0.25, 0.3) is 0 Å². The van der Waals surface area contributed by atoms with E-state index in [0.717, 1.165) is 35.7 Å². The predicted octanol–water partition coefficient (Wildman–Crippen LogP) is 4.07. The maximum atomic E-state index is 12.8. The van der Waals surface area contributed by atoms with Gasteiger partial charge >= 0.3 is 6.03 Å². The van der Waals surface area contributed by atoms with Crippen LogP contribution in [0.5, 0.6) is 0 Å². The maximum absolute atomic E-state index is 12.8. The number of aromatic nitrogens is 2. The van der Waals surface area contributed by atoms with Crippen LogP contribution in [0.15, 0.2) is 22.7 Å². The fraction of sp³-hybridized carbons (Fsp3) is 0.526. The second-order valence-electron chi connectivity index (χ2n) is 7.52. The Morgan fingerprint density at radius 3 is 2.88 bits per heavy atom. The number of hydrogen-bond donors (Lipinski definition) is 1. The Balaban J connectivity index is 1.45. The van der Waals surface area contributed by atoms with Crippen molar-refractivity contribution in [3.05, 3.63) is 46.1 Å². The van der Waals surface area contributed by atoms with Gasteiger partial charge in [-0.1, -0.05) is 36.7 Å². The molecule has 1 N–H and O–H groups in total. The highest BCUT2D eigenvalue weighted by Gasteiger charge is 2.32. The third-order valence-electron chi connectivity index (χ3n) is 5.08. The summed E-state index contributed by atoms with van der Waals surface area (Å²) in [5, 5.41) is 7.90.